The third-order valence-electron chi connectivity index (χ3n) is 4.14. The fourth-order valence-electron chi connectivity index (χ4n) is 2.99. The molecule has 0 bridgehead atoms. The van der Waals surface area contributed by atoms with E-state index in [1.807, 2.05) is 0 Å². The van der Waals surface area contributed by atoms with Gasteiger partial charge in [-0.15, -0.1) is 3.89 Å². The van der Waals surface area contributed by atoms with E-state index in [9.17, 15) is 22.9 Å². The van der Waals surface area contributed by atoms with Crippen molar-refractivity contribution in [2.75, 3.05) is 6.61 Å². The topological polar surface area (TPSA) is 76.5 Å². The Morgan fingerprint density at radius 1 is 1.42 bits per heavy atom. The summed E-state index contributed by atoms with van der Waals surface area (Å²) in [5.74, 6) is -3.04. The first kappa shape index (κ1) is 18.9. The van der Waals surface area contributed by atoms with Gasteiger partial charge < -0.3 is 5.11 Å². The van der Waals surface area contributed by atoms with Gasteiger partial charge in [0.25, 0.3) is 5.92 Å². The van der Waals surface area contributed by atoms with Crippen LogP contribution in [-0.4, -0.2) is 42.5 Å². The molecule has 9 heteroatoms. The van der Waals surface area contributed by atoms with Crippen molar-refractivity contribution in [2.24, 2.45) is 0 Å². The smallest absolute Gasteiger partial charge is 0.435 e. The number of carbonyl (C=O) groups is 1. The molecule has 2 heterocycles. The molecule has 0 spiro atoms. The first-order valence-electron chi connectivity index (χ1n) is 7.42. The van der Waals surface area contributed by atoms with Gasteiger partial charge in [-0.25, -0.2) is 4.18 Å². The second-order valence-electron chi connectivity index (χ2n) is 6.91. The number of carboxylic acid groups (broad SMARTS) is 1. The van der Waals surface area contributed by atoms with Gasteiger partial charge in [0.15, 0.2) is 0 Å². The zero-order chi connectivity index (χ0) is 18.3. The lowest BCUT2D eigenvalue weighted by molar-refractivity contribution is -0.799. The summed E-state index contributed by atoms with van der Waals surface area (Å²) in [6.07, 6.45) is 0.262. The highest BCUT2D eigenvalue weighted by molar-refractivity contribution is 7.74. The zero-order valence-corrected chi connectivity index (χ0v) is 14.8. The van der Waals surface area contributed by atoms with Crippen LogP contribution in [0.4, 0.5) is 13.6 Å². The minimum Gasteiger partial charge on any atom is -0.435 e. The summed E-state index contributed by atoms with van der Waals surface area (Å²) in [6, 6.07) is 2.09. The molecular weight excluding hydrogens is 342 g/mol. The van der Waals surface area contributed by atoms with Crippen molar-refractivity contribution in [3.63, 3.8) is 0 Å². The minimum absolute atomic E-state index is 0.00186. The van der Waals surface area contributed by atoms with Crippen LogP contribution in [0.1, 0.15) is 39.0 Å². The molecule has 2 unspecified atom stereocenters. The predicted molar refractivity (Wildman–Crippen MR) is 83.4 cm³/mol. The lowest BCUT2D eigenvalue weighted by Crippen LogP contribution is -2.66. The molecule has 1 aliphatic rings. The summed E-state index contributed by atoms with van der Waals surface area (Å²) < 4.78 is 43.2. The first-order chi connectivity index (χ1) is 10.9. The predicted octanol–water partition coefficient (Wildman–Crippen LogP) is 3.01. The lowest BCUT2D eigenvalue weighted by atomic mass is 9.99. The highest BCUT2D eigenvalue weighted by Crippen LogP contribution is 2.38. The summed E-state index contributed by atoms with van der Waals surface area (Å²) in [5.41, 5.74) is -0.641. The van der Waals surface area contributed by atoms with Crippen molar-refractivity contribution in [3.8, 4) is 0 Å². The van der Waals surface area contributed by atoms with E-state index in [1.165, 1.54) is 18.3 Å². The number of amides is 1. The van der Waals surface area contributed by atoms with Gasteiger partial charge >= 0.3 is 17.4 Å². The standard InChI is InChI=1S/C15H20F2N2O4S/c1-14(2,3)19(13(20)21)11(9-23-24(19)22)7-10-5-6-12(18-8-10)15(4,16)17/h5-6,8,11H,7,9H2,1-4H3/p+1/t11-,19?,24?/m0/s1. The van der Waals surface area contributed by atoms with Crippen molar-refractivity contribution in [2.45, 2.75) is 51.6 Å². The molecular formula is C15H21F2N2O4S+. The molecule has 2 rings (SSSR count). The number of halogens is 2. The van der Waals surface area contributed by atoms with Gasteiger partial charge in [0, 0.05) is 19.5 Å². The molecule has 1 fully saturated rings. The van der Waals surface area contributed by atoms with Gasteiger partial charge in [0.2, 0.25) is 0 Å². The average molecular weight is 363 g/mol. The van der Waals surface area contributed by atoms with Crippen molar-refractivity contribution in [1.29, 1.82) is 0 Å². The summed E-state index contributed by atoms with van der Waals surface area (Å²) in [6.45, 7) is 5.80. The fraction of sp³-hybridized carbons (Fsp3) is 0.600. The Hall–Kier alpha value is -1.45. The molecule has 1 saturated heterocycles. The molecule has 134 valence electrons. The Bertz CT molecular complexity index is 655. The van der Waals surface area contributed by atoms with E-state index in [-0.39, 0.29) is 18.7 Å². The highest BCUT2D eigenvalue weighted by Gasteiger charge is 2.64. The van der Waals surface area contributed by atoms with Crippen molar-refractivity contribution in [1.82, 2.24) is 4.98 Å². The van der Waals surface area contributed by atoms with E-state index in [1.54, 1.807) is 20.8 Å². The maximum absolute atomic E-state index is 13.2. The van der Waals surface area contributed by atoms with Crippen molar-refractivity contribution < 1.29 is 31.0 Å². The number of quaternary nitrogens is 1. The Morgan fingerprint density at radius 3 is 2.46 bits per heavy atom. The summed E-state index contributed by atoms with van der Waals surface area (Å²) in [7, 11) is 0. The van der Waals surface area contributed by atoms with Crippen LogP contribution < -0.4 is 0 Å². The van der Waals surface area contributed by atoms with Crippen molar-refractivity contribution >= 4 is 17.4 Å². The highest BCUT2D eigenvalue weighted by atomic mass is 32.2. The second-order valence-corrected chi connectivity index (χ2v) is 8.16. The Balaban J connectivity index is 2.34. The van der Waals surface area contributed by atoms with E-state index in [0.29, 0.717) is 5.56 Å². The molecule has 0 aromatic carbocycles. The molecule has 6 nitrogen and oxygen atoms in total. The van der Waals surface area contributed by atoms with E-state index in [2.05, 4.69) is 4.98 Å². The second kappa shape index (κ2) is 6.12. The van der Waals surface area contributed by atoms with Crippen LogP contribution in [0.5, 0.6) is 0 Å². The molecule has 1 aromatic rings. The Kier molecular flexibility index (Phi) is 4.82. The molecule has 1 aromatic heterocycles. The molecule has 1 amide bonds. The van der Waals surface area contributed by atoms with Gasteiger partial charge in [-0.05, 0) is 32.4 Å². The van der Waals surface area contributed by atoms with Crippen LogP contribution in [0.15, 0.2) is 18.3 Å². The molecule has 0 radical (unpaired) electrons. The maximum atomic E-state index is 13.2. The van der Waals surface area contributed by atoms with E-state index in [4.69, 9.17) is 4.18 Å². The van der Waals surface area contributed by atoms with Gasteiger partial charge in [0.1, 0.15) is 23.9 Å². The lowest BCUT2D eigenvalue weighted by Gasteiger charge is -2.39. The number of alkyl halides is 2. The normalized spacial score (nSPS) is 28.1. The molecule has 3 atom stereocenters. The number of hydrogen-bond donors (Lipinski definition) is 1. The van der Waals surface area contributed by atoms with Crippen LogP contribution in [0.3, 0.4) is 0 Å². The monoisotopic (exact) mass is 363 g/mol. The first-order valence-corrected chi connectivity index (χ1v) is 8.45. The van der Waals surface area contributed by atoms with E-state index in [0.717, 1.165) is 6.92 Å². The summed E-state index contributed by atoms with van der Waals surface area (Å²) in [5, 5.41) is 9.75. The molecule has 1 aliphatic heterocycles. The number of hydrogen-bond acceptors (Lipinski definition) is 4. The third kappa shape index (κ3) is 3.07. The number of nitrogens with zero attached hydrogens (tertiary/aromatic N) is 2. The van der Waals surface area contributed by atoms with E-state index < -0.39 is 38.8 Å². The molecule has 0 saturated carbocycles. The molecule has 24 heavy (non-hydrogen) atoms. The molecule has 1 N–H and O–H groups in total. The zero-order valence-electron chi connectivity index (χ0n) is 14.0. The largest absolute Gasteiger partial charge is 0.530 e. The fourth-order valence-corrected chi connectivity index (χ4v) is 4.38. The van der Waals surface area contributed by atoms with Gasteiger partial charge in [-0.2, -0.15) is 17.8 Å². The SMILES string of the molecule is CC(F)(F)c1ccc(C[C@H]2COS(=O)[N+]2(C(=O)O)C(C)(C)C)cn1. The minimum atomic E-state index is -3.04. The number of rotatable bonds is 3. The van der Waals surface area contributed by atoms with Gasteiger partial charge in [0.05, 0.1) is 0 Å². The van der Waals surface area contributed by atoms with Crippen LogP contribution in [0, 0.1) is 0 Å². The third-order valence-corrected chi connectivity index (χ3v) is 5.95. The van der Waals surface area contributed by atoms with E-state index >= 15 is 0 Å². The average Bonchev–Trinajstić information content (AvgIpc) is 2.75. The maximum Gasteiger partial charge on any atom is 0.530 e. The van der Waals surface area contributed by atoms with Crippen LogP contribution >= 0.6 is 0 Å². The Morgan fingerprint density at radius 2 is 2.04 bits per heavy atom. The summed E-state index contributed by atoms with van der Waals surface area (Å²) >= 11 is -2.04. The summed E-state index contributed by atoms with van der Waals surface area (Å²) in [4.78, 5) is 15.7. The number of pyridine rings is 1. The van der Waals surface area contributed by atoms with Crippen LogP contribution in [0.2, 0.25) is 0 Å². The quantitative estimate of drug-likeness (QED) is 0.836. The van der Waals surface area contributed by atoms with Crippen LogP contribution in [-0.2, 0) is 27.8 Å². The molecule has 0 aliphatic carbocycles. The Labute approximate surface area is 141 Å². The van der Waals surface area contributed by atoms with Crippen molar-refractivity contribution in [3.05, 3.63) is 29.6 Å². The van der Waals surface area contributed by atoms with Gasteiger partial charge in [-0.3, -0.25) is 4.98 Å². The van der Waals surface area contributed by atoms with Crippen LogP contribution in [0.25, 0.3) is 0 Å². The number of aromatic nitrogens is 1. The van der Waals surface area contributed by atoms with Gasteiger partial charge in [-0.1, -0.05) is 6.07 Å².